The van der Waals surface area contributed by atoms with Crippen LogP contribution in [0.4, 0.5) is 0 Å². The van der Waals surface area contributed by atoms with Gasteiger partial charge >= 0.3 is 5.97 Å². The molecule has 1 N–H and O–H groups in total. The first-order valence-electron chi connectivity index (χ1n) is 6.35. The number of hydrogen-bond acceptors (Lipinski definition) is 2. The van der Waals surface area contributed by atoms with Gasteiger partial charge < -0.3 is 5.11 Å². The molecule has 0 amide bonds. The van der Waals surface area contributed by atoms with Crippen molar-refractivity contribution in [1.29, 1.82) is 0 Å². The maximum atomic E-state index is 11.2. The highest BCUT2D eigenvalue weighted by atomic mass is 16.4. The van der Waals surface area contributed by atoms with Crippen LogP contribution in [-0.2, 0) is 4.79 Å². The Kier molecular flexibility index (Phi) is 7.39. The molecule has 3 nitrogen and oxygen atoms in total. The Bertz CT molecular complexity index is 202. The molecule has 0 saturated heterocycles. The standard InChI is InChI=1S/C13H27NO2/c1-6-14(8-7-10(2)3)12(13(15)16)9-11(4)5/h10-12H,6-9H2,1-5H3,(H,15,16). The minimum atomic E-state index is -0.681. The Morgan fingerprint density at radius 3 is 2.06 bits per heavy atom. The predicted octanol–water partition coefficient (Wildman–Crippen LogP) is 2.85. The molecular weight excluding hydrogens is 202 g/mol. The minimum Gasteiger partial charge on any atom is -0.480 e. The van der Waals surface area contributed by atoms with Gasteiger partial charge in [-0.1, -0.05) is 34.6 Å². The lowest BCUT2D eigenvalue weighted by atomic mass is 10.0. The summed E-state index contributed by atoms with van der Waals surface area (Å²) >= 11 is 0. The van der Waals surface area contributed by atoms with Gasteiger partial charge in [0.1, 0.15) is 6.04 Å². The van der Waals surface area contributed by atoms with Gasteiger partial charge in [-0.05, 0) is 37.8 Å². The summed E-state index contributed by atoms with van der Waals surface area (Å²) in [6.45, 7) is 12.2. The highest BCUT2D eigenvalue weighted by Crippen LogP contribution is 2.13. The quantitative estimate of drug-likeness (QED) is 0.695. The first kappa shape index (κ1) is 15.4. The summed E-state index contributed by atoms with van der Waals surface area (Å²) in [6.07, 6.45) is 1.80. The molecule has 0 rings (SSSR count). The second kappa shape index (κ2) is 7.66. The van der Waals surface area contributed by atoms with E-state index in [1.807, 2.05) is 6.92 Å². The number of aliphatic carboxylic acids is 1. The SMILES string of the molecule is CCN(CCC(C)C)C(CC(C)C)C(=O)O. The van der Waals surface area contributed by atoms with Gasteiger partial charge in [0.05, 0.1) is 0 Å². The summed E-state index contributed by atoms with van der Waals surface area (Å²) in [4.78, 5) is 13.3. The third-order valence-electron chi connectivity index (χ3n) is 2.82. The molecule has 0 aliphatic heterocycles. The van der Waals surface area contributed by atoms with E-state index in [1.165, 1.54) is 0 Å². The van der Waals surface area contributed by atoms with Gasteiger partial charge in [-0.3, -0.25) is 9.69 Å². The Hall–Kier alpha value is -0.570. The van der Waals surface area contributed by atoms with Crippen LogP contribution in [0.5, 0.6) is 0 Å². The van der Waals surface area contributed by atoms with Crippen LogP contribution < -0.4 is 0 Å². The number of hydrogen-bond donors (Lipinski definition) is 1. The van der Waals surface area contributed by atoms with Crippen LogP contribution >= 0.6 is 0 Å². The van der Waals surface area contributed by atoms with Crippen LogP contribution in [0.15, 0.2) is 0 Å². The molecule has 0 saturated carbocycles. The number of rotatable bonds is 8. The van der Waals surface area contributed by atoms with Crippen molar-refractivity contribution in [1.82, 2.24) is 4.90 Å². The zero-order valence-electron chi connectivity index (χ0n) is 11.4. The summed E-state index contributed by atoms with van der Waals surface area (Å²) < 4.78 is 0. The van der Waals surface area contributed by atoms with Crippen LogP contribution in [0, 0.1) is 11.8 Å². The van der Waals surface area contributed by atoms with Crippen LogP contribution in [0.2, 0.25) is 0 Å². The maximum Gasteiger partial charge on any atom is 0.320 e. The zero-order valence-corrected chi connectivity index (χ0v) is 11.4. The van der Waals surface area contributed by atoms with Gasteiger partial charge in [0.15, 0.2) is 0 Å². The summed E-state index contributed by atoms with van der Waals surface area (Å²) in [5.41, 5.74) is 0. The fourth-order valence-electron chi connectivity index (χ4n) is 1.81. The largest absolute Gasteiger partial charge is 0.480 e. The molecule has 0 fully saturated rings. The smallest absolute Gasteiger partial charge is 0.320 e. The Morgan fingerprint density at radius 1 is 1.19 bits per heavy atom. The average Bonchev–Trinajstić information content (AvgIpc) is 2.15. The molecule has 1 atom stereocenters. The van der Waals surface area contributed by atoms with Crippen molar-refractivity contribution >= 4 is 5.97 Å². The maximum absolute atomic E-state index is 11.2. The van der Waals surface area contributed by atoms with Gasteiger partial charge in [0, 0.05) is 0 Å². The molecule has 0 aliphatic rings. The number of carboxylic acids is 1. The topological polar surface area (TPSA) is 40.5 Å². The fourth-order valence-corrected chi connectivity index (χ4v) is 1.81. The van der Waals surface area contributed by atoms with Crippen molar-refractivity contribution in [2.24, 2.45) is 11.8 Å². The number of likely N-dealkylation sites (N-methyl/N-ethyl adjacent to an activating group) is 1. The van der Waals surface area contributed by atoms with E-state index in [2.05, 4.69) is 32.6 Å². The van der Waals surface area contributed by atoms with E-state index >= 15 is 0 Å². The van der Waals surface area contributed by atoms with Crippen molar-refractivity contribution in [3.05, 3.63) is 0 Å². The second-order valence-corrected chi connectivity index (χ2v) is 5.29. The van der Waals surface area contributed by atoms with E-state index in [1.54, 1.807) is 0 Å². The first-order chi connectivity index (χ1) is 7.38. The summed E-state index contributed by atoms with van der Waals surface area (Å²) in [5, 5.41) is 9.25. The van der Waals surface area contributed by atoms with Gasteiger partial charge in [0.25, 0.3) is 0 Å². The molecule has 0 aromatic carbocycles. The third kappa shape index (κ3) is 6.11. The highest BCUT2D eigenvalue weighted by molar-refractivity contribution is 5.73. The summed E-state index contributed by atoms with van der Waals surface area (Å²) in [5.74, 6) is 0.371. The molecule has 0 aliphatic carbocycles. The van der Waals surface area contributed by atoms with Gasteiger partial charge in [-0.25, -0.2) is 0 Å². The Morgan fingerprint density at radius 2 is 1.75 bits per heavy atom. The first-order valence-corrected chi connectivity index (χ1v) is 6.35. The van der Waals surface area contributed by atoms with Gasteiger partial charge in [0.2, 0.25) is 0 Å². The Balaban J connectivity index is 4.39. The van der Waals surface area contributed by atoms with Crippen LogP contribution in [-0.4, -0.2) is 35.1 Å². The summed E-state index contributed by atoms with van der Waals surface area (Å²) in [6, 6.07) is -0.316. The fraction of sp³-hybridized carbons (Fsp3) is 0.923. The molecule has 0 radical (unpaired) electrons. The highest BCUT2D eigenvalue weighted by Gasteiger charge is 2.24. The number of carbonyl (C=O) groups is 1. The molecule has 3 heteroatoms. The predicted molar refractivity (Wildman–Crippen MR) is 67.6 cm³/mol. The molecule has 96 valence electrons. The van der Waals surface area contributed by atoms with E-state index in [0.717, 1.165) is 25.9 Å². The number of nitrogens with zero attached hydrogens (tertiary/aromatic N) is 1. The van der Waals surface area contributed by atoms with Crippen LogP contribution in [0.3, 0.4) is 0 Å². The lowest BCUT2D eigenvalue weighted by molar-refractivity contribution is -0.144. The van der Waals surface area contributed by atoms with Crippen molar-refractivity contribution in [2.45, 2.75) is 53.5 Å². The van der Waals surface area contributed by atoms with E-state index in [0.29, 0.717) is 11.8 Å². The molecule has 1 unspecified atom stereocenters. The van der Waals surface area contributed by atoms with E-state index in [4.69, 9.17) is 0 Å². The van der Waals surface area contributed by atoms with Crippen molar-refractivity contribution < 1.29 is 9.90 Å². The molecule has 0 bridgehead atoms. The van der Waals surface area contributed by atoms with Gasteiger partial charge in [-0.2, -0.15) is 0 Å². The van der Waals surface area contributed by atoms with Crippen molar-refractivity contribution in [3.8, 4) is 0 Å². The normalized spacial score (nSPS) is 13.8. The molecule has 16 heavy (non-hydrogen) atoms. The van der Waals surface area contributed by atoms with Crippen LogP contribution in [0.1, 0.15) is 47.5 Å². The minimum absolute atomic E-state index is 0.316. The van der Waals surface area contributed by atoms with Crippen molar-refractivity contribution in [2.75, 3.05) is 13.1 Å². The monoisotopic (exact) mass is 229 g/mol. The molecule has 0 aromatic heterocycles. The molecule has 0 spiro atoms. The molecule has 0 heterocycles. The van der Waals surface area contributed by atoms with Crippen molar-refractivity contribution in [3.63, 3.8) is 0 Å². The Labute approximate surface area is 99.8 Å². The van der Waals surface area contributed by atoms with Gasteiger partial charge in [-0.15, -0.1) is 0 Å². The molecule has 0 aromatic rings. The summed E-state index contributed by atoms with van der Waals surface area (Å²) in [7, 11) is 0. The van der Waals surface area contributed by atoms with E-state index < -0.39 is 5.97 Å². The van der Waals surface area contributed by atoms with E-state index in [9.17, 15) is 9.90 Å². The van der Waals surface area contributed by atoms with E-state index in [-0.39, 0.29) is 6.04 Å². The lowest BCUT2D eigenvalue weighted by Gasteiger charge is -2.29. The van der Waals surface area contributed by atoms with Crippen LogP contribution in [0.25, 0.3) is 0 Å². The second-order valence-electron chi connectivity index (χ2n) is 5.29. The third-order valence-corrected chi connectivity index (χ3v) is 2.82. The average molecular weight is 229 g/mol. The lowest BCUT2D eigenvalue weighted by Crippen LogP contribution is -2.42. The number of carboxylic acid groups (broad SMARTS) is 1. The molecular formula is C13H27NO2. The zero-order chi connectivity index (χ0) is 12.7.